The van der Waals surface area contributed by atoms with E-state index in [2.05, 4.69) is 19.2 Å². The summed E-state index contributed by atoms with van der Waals surface area (Å²) in [6.07, 6.45) is 0. The minimum absolute atomic E-state index is 0. The van der Waals surface area contributed by atoms with Crippen LogP contribution < -0.4 is 5.32 Å². The molecule has 2 aliphatic heterocycles. The second kappa shape index (κ2) is 2.84. The lowest BCUT2D eigenvalue weighted by Crippen LogP contribution is -2.34. The monoisotopic (exact) mass is 225 g/mol. The highest BCUT2D eigenvalue weighted by molar-refractivity contribution is 7.91. The molecule has 2 unspecified atom stereocenters. The van der Waals surface area contributed by atoms with Crippen molar-refractivity contribution in [2.45, 2.75) is 13.8 Å². The quantitative estimate of drug-likeness (QED) is 0.652. The molecule has 2 heterocycles. The van der Waals surface area contributed by atoms with Crippen LogP contribution in [0.5, 0.6) is 0 Å². The van der Waals surface area contributed by atoms with Gasteiger partial charge >= 0.3 is 0 Å². The van der Waals surface area contributed by atoms with Crippen LogP contribution in [0, 0.1) is 10.8 Å². The second-order valence-electron chi connectivity index (χ2n) is 4.76. The lowest BCUT2D eigenvalue weighted by molar-refractivity contribution is 0.212. The normalized spacial score (nSPS) is 46.9. The van der Waals surface area contributed by atoms with E-state index in [1.54, 1.807) is 0 Å². The van der Waals surface area contributed by atoms with Gasteiger partial charge < -0.3 is 5.32 Å². The molecular weight excluding hydrogens is 210 g/mol. The maximum absolute atomic E-state index is 11.4. The Hall–Kier alpha value is 0.200. The topological polar surface area (TPSA) is 46.2 Å². The van der Waals surface area contributed by atoms with E-state index in [-0.39, 0.29) is 23.2 Å². The second-order valence-corrected chi connectivity index (χ2v) is 6.82. The van der Waals surface area contributed by atoms with Crippen molar-refractivity contribution >= 4 is 22.2 Å². The van der Waals surface area contributed by atoms with E-state index in [0.29, 0.717) is 11.5 Å². The molecule has 0 amide bonds. The number of rotatable bonds is 0. The zero-order valence-electron chi connectivity index (χ0n) is 7.96. The minimum atomic E-state index is -2.76. The fourth-order valence-electron chi connectivity index (χ4n) is 2.51. The van der Waals surface area contributed by atoms with Crippen LogP contribution in [0.2, 0.25) is 0 Å². The molecular formula is C8H16ClNO2S. The summed E-state index contributed by atoms with van der Waals surface area (Å²) < 4.78 is 22.9. The maximum Gasteiger partial charge on any atom is 0.151 e. The van der Waals surface area contributed by atoms with Crippen molar-refractivity contribution in [2.24, 2.45) is 10.8 Å². The molecule has 2 fully saturated rings. The minimum Gasteiger partial charge on any atom is -0.316 e. The number of nitrogens with one attached hydrogen (secondary N) is 1. The van der Waals surface area contributed by atoms with Crippen molar-refractivity contribution < 1.29 is 8.42 Å². The molecule has 1 N–H and O–H groups in total. The molecule has 0 bridgehead atoms. The zero-order valence-corrected chi connectivity index (χ0v) is 9.59. The SMILES string of the molecule is CC12CNCC1(C)CS(=O)(=O)C2.Cl. The van der Waals surface area contributed by atoms with Gasteiger partial charge in [-0.05, 0) is 0 Å². The van der Waals surface area contributed by atoms with Crippen LogP contribution in [-0.2, 0) is 9.84 Å². The molecule has 2 rings (SSSR count). The Kier molecular flexibility index (Phi) is 2.47. The van der Waals surface area contributed by atoms with Gasteiger partial charge in [-0.1, -0.05) is 13.8 Å². The molecule has 2 atom stereocenters. The number of hydrogen-bond donors (Lipinski definition) is 1. The van der Waals surface area contributed by atoms with E-state index < -0.39 is 9.84 Å². The van der Waals surface area contributed by atoms with Crippen LogP contribution in [0.3, 0.4) is 0 Å². The highest BCUT2D eigenvalue weighted by atomic mass is 35.5. The predicted octanol–water partition coefficient (Wildman–Crippen LogP) is 0.452. The average molecular weight is 226 g/mol. The first-order chi connectivity index (χ1) is 5.37. The van der Waals surface area contributed by atoms with Crippen molar-refractivity contribution in [1.29, 1.82) is 0 Å². The zero-order chi connectivity index (χ0) is 9.04. The summed E-state index contributed by atoms with van der Waals surface area (Å²) in [6, 6.07) is 0. The molecule has 0 aromatic heterocycles. The highest BCUT2D eigenvalue weighted by Gasteiger charge is 2.57. The number of hydrogen-bond acceptors (Lipinski definition) is 3. The summed E-state index contributed by atoms with van der Waals surface area (Å²) >= 11 is 0. The third kappa shape index (κ3) is 1.49. The third-order valence-corrected chi connectivity index (χ3v) is 5.72. The lowest BCUT2D eigenvalue weighted by Gasteiger charge is -2.30. The number of halogens is 1. The van der Waals surface area contributed by atoms with Crippen LogP contribution in [-0.4, -0.2) is 33.0 Å². The molecule has 0 aromatic rings. The summed E-state index contributed by atoms with van der Waals surface area (Å²) in [5.74, 6) is 0.729. The first-order valence-electron chi connectivity index (χ1n) is 4.28. The van der Waals surface area contributed by atoms with Gasteiger partial charge in [0.25, 0.3) is 0 Å². The molecule has 2 aliphatic rings. The largest absolute Gasteiger partial charge is 0.316 e. The number of sulfone groups is 1. The average Bonchev–Trinajstić information content (AvgIpc) is 2.11. The summed E-state index contributed by atoms with van der Waals surface area (Å²) in [5.41, 5.74) is -0.0440. The van der Waals surface area contributed by atoms with E-state index in [9.17, 15) is 8.42 Å². The van der Waals surface area contributed by atoms with Gasteiger partial charge in [-0.3, -0.25) is 0 Å². The van der Waals surface area contributed by atoms with Gasteiger partial charge in [0.2, 0.25) is 0 Å². The highest BCUT2D eigenvalue weighted by Crippen LogP contribution is 2.49. The fourth-order valence-corrected chi connectivity index (χ4v) is 5.46. The van der Waals surface area contributed by atoms with Crippen molar-refractivity contribution in [1.82, 2.24) is 5.32 Å². The summed E-state index contributed by atoms with van der Waals surface area (Å²) in [7, 11) is -2.76. The molecule has 3 nitrogen and oxygen atoms in total. The molecule has 5 heteroatoms. The Morgan fingerprint density at radius 1 is 1.08 bits per heavy atom. The third-order valence-electron chi connectivity index (χ3n) is 3.56. The molecule has 0 spiro atoms. The molecule has 0 saturated carbocycles. The maximum atomic E-state index is 11.4. The van der Waals surface area contributed by atoms with Gasteiger partial charge in [0, 0.05) is 23.9 Å². The van der Waals surface area contributed by atoms with Gasteiger partial charge in [-0.2, -0.15) is 0 Å². The first kappa shape index (κ1) is 11.3. The van der Waals surface area contributed by atoms with Gasteiger partial charge in [-0.25, -0.2) is 8.42 Å². The van der Waals surface area contributed by atoms with Gasteiger partial charge in [-0.15, -0.1) is 12.4 Å². The van der Waals surface area contributed by atoms with Gasteiger partial charge in [0.15, 0.2) is 9.84 Å². The Morgan fingerprint density at radius 3 is 1.85 bits per heavy atom. The Bertz CT molecular complexity index is 292. The first-order valence-corrected chi connectivity index (χ1v) is 6.10. The van der Waals surface area contributed by atoms with E-state index >= 15 is 0 Å². The summed E-state index contributed by atoms with van der Waals surface area (Å²) in [6.45, 7) is 5.86. The fraction of sp³-hybridized carbons (Fsp3) is 1.00. The van der Waals surface area contributed by atoms with E-state index in [4.69, 9.17) is 0 Å². The lowest BCUT2D eigenvalue weighted by atomic mass is 9.71. The van der Waals surface area contributed by atoms with Crippen LogP contribution in [0.25, 0.3) is 0 Å². The Labute approximate surface area is 85.6 Å². The molecule has 2 saturated heterocycles. The molecule has 0 radical (unpaired) electrons. The van der Waals surface area contributed by atoms with Crippen molar-refractivity contribution in [3.05, 3.63) is 0 Å². The smallest absolute Gasteiger partial charge is 0.151 e. The van der Waals surface area contributed by atoms with E-state index in [1.165, 1.54) is 0 Å². The van der Waals surface area contributed by atoms with Crippen LogP contribution in [0.15, 0.2) is 0 Å². The number of fused-ring (bicyclic) bond motifs is 1. The van der Waals surface area contributed by atoms with Crippen LogP contribution in [0.1, 0.15) is 13.8 Å². The Balaban J connectivity index is 0.000000845. The van der Waals surface area contributed by atoms with Crippen LogP contribution >= 0.6 is 12.4 Å². The van der Waals surface area contributed by atoms with Crippen molar-refractivity contribution in [3.8, 4) is 0 Å². The van der Waals surface area contributed by atoms with Crippen molar-refractivity contribution in [3.63, 3.8) is 0 Å². The van der Waals surface area contributed by atoms with E-state index in [1.807, 2.05) is 0 Å². The Morgan fingerprint density at radius 2 is 1.46 bits per heavy atom. The predicted molar refractivity (Wildman–Crippen MR) is 55.0 cm³/mol. The van der Waals surface area contributed by atoms with Crippen LogP contribution in [0.4, 0.5) is 0 Å². The van der Waals surface area contributed by atoms with Gasteiger partial charge in [0.05, 0.1) is 11.5 Å². The van der Waals surface area contributed by atoms with Gasteiger partial charge in [0.1, 0.15) is 0 Å². The van der Waals surface area contributed by atoms with E-state index in [0.717, 1.165) is 13.1 Å². The summed E-state index contributed by atoms with van der Waals surface area (Å²) in [5, 5.41) is 3.28. The molecule has 0 aliphatic carbocycles. The molecule has 13 heavy (non-hydrogen) atoms. The standard InChI is InChI=1S/C8H15NO2S.ClH/c1-7-3-9-4-8(7,2)6-12(10,11)5-7;/h9H,3-6H2,1-2H3;1H. The molecule has 78 valence electrons. The summed E-state index contributed by atoms with van der Waals surface area (Å²) in [4.78, 5) is 0. The van der Waals surface area contributed by atoms with Crippen molar-refractivity contribution in [2.75, 3.05) is 24.6 Å². The molecule has 0 aromatic carbocycles.